The fraction of sp³-hybridized carbons (Fsp3) is 0.214. The van der Waals surface area contributed by atoms with Gasteiger partial charge in [0.2, 0.25) is 0 Å². The van der Waals surface area contributed by atoms with Crippen molar-refractivity contribution in [2.75, 3.05) is 6.61 Å². The van der Waals surface area contributed by atoms with Crippen LogP contribution in [0.15, 0.2) is 72.8 Å². The van der Waals surface area contributed by atoms with Crippen LogP contribution in [0.25, 0.3) is 4.91 Å². The summed E-state index contributed by atoms with van der Waals surface area (Å²) in [5.41, 5.74) is 3.48. The van der Waals surface area contributed by atoms with Crippen LogP contribution < -0.4 is 14.2 Å². The Hall–Kier alpha value is -3.75. The van der Waals surface area contributed by atoms with Crippen LogP contribution in [0.1, 0.15) is 52.4 Å². The Morgan fingerprint density at radius 3 is 2.47 bits per heavy atom. The Kier molecular flexibility index (Phi) is 6.97. The number of benzene rings is 3. The van der Waals surface area contributed by atoms with E-state index in [0.29, 0.717) is 40.4 Å². The molecule has 1 aliphatic carbocycles. The molecule has 0 spiro atoms. The third kappa shape index (κ3) is 5.10. The quantitative estimate of drug-likeness (QED) is 0.413. The molecule has 0 saturated carbocycles. The van der Waals surface area contributed by atoms with Crippen LogP contribution in [0.2, 0.25) is 0 Å². The molecule has 8 heteroatoms. The van der Waals surface area contributed by atoms with Crippen LogP contribution in [0, 0.1) is 0 Å². The van der Waals surface area contributed by atoms with Gasteiger partial charge in [-0.05, 0) is 72.9 Å². The van der Waals surface area contributed by atoms with Crippen molar-refractivity contribution in [3.05, 3.63) is 95.1 Å². The molecule has 2 N–H and O–H groups in total. The van der Waals surface area contributed by atoms with Gasteiger partial charge in [-0.2, -0.15) is 0 Å². The van der Waals surface area contributed by atoms with Gasteiger partial charge in [-0.3, -0.25) is 14.3 Å². The van der Waals surface area contributed by atoms with Gasteiger partial charge in [-0.1, -0.05) is 24.3 Å². The summed E-state index contributed by atoms with van der Waals surface area (Å²) in [6, 6.07) is 20.2. The number of fused-ring (bicyclic) bond motifs is 1. The molecule has 5 rings (SSSR count). The van der Waals surface area contributed by atoms with E-state index in [4.69, 9.17) is 14.6 Å². The lowest BCUT2D eigenvalue weighted by molar-refractivity contribution is -0.114. The molecule has 0 fully saturated rings. The summed E-state index contributed by atoms with van der Waals surface area (Å²) in [6.07, 6.45) is 3.63. The van der Waals surface area contributed by atoms with Gasteiger partial charge in [0.15, 0.2) is 16.8 Å². The molecular weight excluding hydrogens is 478 g/mol. The number of carbonyl (C=O) groups excluding carboxylic acids is 2. The molecule has 3 aromatic rings. The molecule has 1 heterocycles. The van der Waals surface area contributed by atoms with E-state index in [9.17, 15) is 13.8 Å². The normalized spacial score (nSPS) is 18.4. The predicted octanol–water partition coefficient (Wildman–Crippen LogP) is 4.63. The van der Waals surface area contributed by atoms with Gasteiger partial charge in [0.1, 0.15) is 23.4 Å². The summed E-state index contributed by atoms with van der Waals surface area (Å²) < 4.78 is 26.7. The zero-order valence-electron chi connectivity index (χ0n) is 19.4. The molecule has 0 radical (unpaired) electrons. The molecule has 7 nitrogen and oxygen atoms in total. The third-order valence-corrected chi connectivity index (χ3v) is 7.35. The summed E-state index contributed by atoms with van der Waals surface area (Å²) in [5, 5.41) is 8.91. The first-order valence-corrected chi connectivity index (χ1v) is 12.9. The molecule has 2 atom stereocenters. The lowest BCUT2D eigenvalue weighted by atomic mass is 10.1. The molecule has 1 amide bonds. The standard InChI is InChI=1S/C28H25NO6S/c30-16-2-4-24(31)18-6-10-20(11-7-18)34-25-5-1-3-22-23(25)14-15-26(22)35-21-12-8-19(9-13-21)27-17-28(32)29-36(27)33/h1,3,5-13,17,26,30H,2,4,14-16H2,(H,29,32)/t26-,36?/m1/s1. The Labute approximate surface area is 211 Å². The van der Waals surface area contributed by atoms with Gasteiger partial charge >= 0.3 is 0 Å². The smallest absolute Gasteiger partial charge is 0.257 e. The number of rotatable bonds is 9. The van der Waals surface area contributed by atoms with Gasteiger partial charge in [0.05, 0.1) is 4.91 Å². The summed E-state index contributed by atoms with van der Waals surface area (Å²) in [6.45, 7) is 0.00233. The van der Waals surface area contributed by atoms with Gasteiger partial charge in [-0.15, -0.1) is 0 Å². The highest BCUT2D eigenvalue weighted by Crippen LogP contribution is 2.41. The van der Waals surface area contributed by atoms with Crippen molar-refractivity contribution in [1.29, 1.82) is 0 Å². The number of aliphatic hydroxyl groups excluding tert-OH is 1. The van der Waals surface area contributed by atoms with E-state index in [1.165, 1.54) is 6.08 Å². The number of ketones is 1. The average molecular weight is 504 g/mol. The van der Waals surface area contributed by atoms with Crippen LogP contribution in [0.3, 0.4) is 0 Å². The van der Waals surface area contributed by atoms with Gasteiger partial charge in [0, 0.05) is 30.2 Å². The first-order chi connectivity index (χ1) is 17.5. The minimum atomic E-state index is -1.53. The highest BCUT2D eigenvalue weighted by molar-refractivity contribution is 7.93. The van der Waals surface area contributed by atoms with Crippen LogP contribution in [0.5, 0.6) is 17.2 Å². The molecule has 36 heavy (non-hydrogen) atoms. The highest BCUT2D eigenvalue weighted by atomic mass is 32.2. The van der Waals surface area contributed by atoms with Crippen molar-refractivity contribution in [3.8, 4) is 17.2 Å². The molecule has 0 saturated heterocycles. The number of nitrogens with one attached hydrogen (secondary N) is 1. The van der Waals surface area contributed by atoms with Crippen LogP contribution in [-0.2, 0) is 22.2 Å². The summed E-state index contributed by atoms with van der Waals surface area (Å²) in [7, 11) is -1.53. The summed E-state index contributed by atoms with van der Waals surface area (Å²) >= 11 is 0. The fourth-order valence-electron chi connectivity index (χ4n) is 4.42. The monoisotopic (exact) mass is 503 g/mol. The SMILES string of the molecule is O=C1C=C(c2ccc(O[C@@H]3CCc4c(Oc5ccc(C(=O)CCCO)cc5)cccc43)cc2)S(=O)N1. The molecule has 2 aliphatic rings. The molecule has 184 valence electrons. The van der Waals surface area contributed by atoms with Gasteiger partial charge in [-0.25, -0.2) is 4.21 Å². The summed E-state index contributed by atoms with van der Waals surface area (Å²) in [4.78, 5) is 24.0. The van der Waals surface area contributed by atoms with Crippen molar-refractivity contribution in [3.63, 3.8) is 0 Å². The average Bonchev–Trinajstić information content (AvgIpc) is 3.46. The number of ether oxygens (including phenoxy) is 2. The Balaban J connectivity index is 1.27. The minimum Gasteiger partial charge on any atom is -0.486 e. The second-order valence-corrected chi connectivity index (χ2v) is 9.80. The maximum Gasteiger partial charge on any atom is 0.257 e. The zero-order chi connectivity index (χ0) is 25.1. The Morgan fingerprint density at radius 2 is 1.78 bits per heavy atom. The maximum atomic E-state index is 12.1. The van der Waals surface area contributed by atoms with E-state index in [2.05, 4.69) is 4.72 Å². The van der Waals surface area contributed by atoms with E-state index >= 15 is 0 Å². The molecule has 1 unspecified atom stereocenters. The predicted molar refractivity (Wildman–Crippen MR) is 136 cm³/mol. The zero-order valence-corrected chi connectivity index (χ0v) is 20.3. The van der Waals surface area contributed by atoms with Gasteiger partial charge < -0.3 is 14.6 Å². The fourth-order valence-corrected chi connectivity index (χ4v) is 5.34. The topological polar surface area (TPSA) is 102 Å². The molecular formula is C28H25NO6S. The first-order valence-electron chi connectivity index (χ1n) is 11.8. The number of amides is 1. The number of Topliss-reactive ketones (excluding diaryl/α,β-unsaturated/α-hetero) is 1. The van der Waals surface area contributed by atoms with Crippen molar-refractivity contribution < 1.29 is 28.4 Å². The number of hydrogen-bond acceptors (Lipinski definition) is 6. The third-order valence-electron chi connectivity index (χ3n) is 6.21. The Morgan fingerprint density at radius 1 is 1.03 bits per heavy atom. The van der Waals surface area contributed by atoms with E-state index in [0.717, 1.165) is 29.7 Å². The van der Waals surface area contributed by atoms with Crippen LogP contribution >= 0.6 is 0 Å². The molecule has 0 aromatic heterocycles. The molecule has 3 aromatic carbocycles. The lowest BCUT2D eigenvalue weighted by Crippen LogP contribution is -2.16. The Bertz CT molecular complexity index is 1350. The lowest BCUT2D eigenvalue weighted by Gasteiger charge is -2.16. The largest absolute Gasteiger partial charge is 0.486 e. The first kappa shape index (κ1) is 24.0. The minimum absolute atomic E-state index is 0.00233. The van der Waals surface area contributed by atoms with Crippen molar-refractivity contribution in [2.24, 2.45) is 0 Å². The number of carbonyl (C=O) groups is 2. The molecule has 0 bridgehead atoms. The molecule has 1 aliphatic heterocycles. The van der Waals surface area contributed by atoms with Crippen molar-refractivity contribution in [1.82, 2.24) is 4.72 Å². The van der Waals surface area contributed by atoms with Crippen molar-refractivity contribution >= 4 is 27.6 Å². The number of aliphatic hydroxyl groups is 1. The summed E-state index contributed by atoms with van der Waals surface area (Å²) in [5.74, 6) is 1.75. The van der Waals surface area contributed by atoms with E-state index < -0.39 is 11.0 Å². The second kappa shape index (κ2) is 10.5. The van der Waals surface area contributed by atoms with Crippen LogP contribution in [-0.4, -0.2) is 27.6 Å². The van der Waals surface area contributed by atoms with E-state index in [1.807, 2.05) is 30.3 Å². The highest BCUT2D eigenvalue weighted by Gasteiger charge is 2.27. The number of hydrogen-bond donors (Lipinski definition) is 2. The van der Waals surface area contributed by atoms with E-state index in [1.54, 1.807) is 36.4 Å². The second-order valence-electron chi connectivity index (χ2n) is 8.61. The maximum absolute atomic E-state index is 12.1. The van der Waals surface area contributed by atoms with Crippen LogP contribution in [0.4, 0.5) is 0 Å². The van der Waals surface area contributed by atoms with Crippen molar-refractivity contribution in [2.45, 2.75) is 31.8 Å². The van der Waals surface area contributed by atoms with Gasteiger partial charge in [0.25, 0.3) is 5.91 Å². The van der Waals surface area contributed by atoms with E-state index in [-0.39, 0.29) is 24.4 Å².